The lowest BCUT2D eigenvalue weighted by atomic mass is 9.76. The van der Waals surface area contributed by atoms with Gasteiger partial charge >= 0.3 is 0 Å². The van der Waals surface area contributed by atoms with Gasteiger partial charge in [0.25, 0.3) is 0 Å². The monoisotopic (exact) mass is 766 g/mol. The number of piperazine rings is 1. The van der Waals surface area contributed by atoms with Crippen molar-refractivity contribution in [3.63, 3.8) is 0 Å². The number of phenolic OH excluding ortho intramolecular Hbond substituents is 1. The van der Waals surface area contributed by atoms with E-state index < -0.39 is 23.5 Å². The smallest absolute Gasteiger partial charge is 0.227 e. The Kier molecular flexibility index (Phi) is 11.9. The lowest BCUT2D eigenvalue weighted by Gasteiger charge is -2.38. The molecule has 2 fully saturated rings. The fourth-order valence-electron chi connectivity index (χ4n) is 7.64. The SMILES string of the molecule is C=C(N[C@@H](C)c1ccc(-c2scnc2C)cc1)[C@@H]1C[C@@H](O)CN1C(=O)[C@@H](CC(=O)CN1CCN(c2cc(-c3cccc(C)c3O)nnc2N)CC1)C(C)(C)C. The second-order valence-corrected chi connectivity index (χ2v) is 16.9. The molecule has 4 aromatic rings. The van der Waals surface area contributed by atoms with Crippen molar-refractivity contribution in [3.05, 3.63) is 83.1 Å². The number of hydrogen-bond donors (Lipinski definition) is 4. The molecule has 2 aliphatic rings. The topological polar surface area (TPSA) is 161 Å². The molecule has 12 nitrogen and oxygen atoms in total. The summed E-state index contributed by atoms with van der Waals surface area (Å²) in [6, 6.07) is 15.3. The average Bonchev–Trinajstić information content (AvgIpc) is 3.77. The Morgan fingerprint density at radius 1 is 1.07 bits per heavy atom. The van der Waals surface area contributed by atoms with Crippen molar-refractivity contribution < 1.29 is 19.8 Å². The highest BCUT2D eigenvalue weighted by Crippen LogP contribution is 2.36. The summed E-state index contributed by atoms with van der Waals surface area (Å²) in [5.41, 5.74) is 14.1. The third kappa shape index (κ3) is 9.01. The largest absolute Gasteiger partial charge is 0.507 e. The molecule has 55 heavy (non-hydrogen) atoms. The lowest BCUT2D eigenvalue weighted by Crippen LogP contribution is -2.49. The molecular weight excluding hydrogens is 713 g/mol. The van der Waals surface area contributed by atoms with Gasteiger partial charge in [-0.3, -0.25) is 14.5 Å². The summed E-state index contributed by atoms with van der Waals surface area (Å²) < 4.78 is 0. The van der Waals surface area contributed by atoms with Gasteiger partial charge in [-0.2, -0.15) is 0 Å². The van der Waals surface area contributed by atoms with Gasteiger partial charge in [0.2, 0.25) is 5.91 Å². The number of aliphatic hydroxyl groups is 1. The van der Waals surface area contributed by atoms with Crippen LogP contribution in [0.4, 0.5) is 11.5 Å². The number of aromatic hydroxyl groups is 1. The molecule has 6 rings (SSSR count). The number of nitrogens with two attached hydrogens (primary N) is 1. The van der Waals surface area contributed by atoms with Gasteiger partial charge in [0.15, 0.2) is 5.82 Å². The number of amides is 1. The minimum atomic E-state index is -0.680. The normalized spacial score (nSPS) is 19.0. The molecule has 0 unspecified atom stereocenters. The van der Waals surface area contributed by atoms with Gasteiger partial charge in [-0.1, -0.05) is 63.7 Å². The van der Waals surface area contributed by atoms with Crippen LogP contribution in [0.25, 0.3) is 21.7 Å². The highest BCUT2D eigenvalue weighted by molar-refractivity contribution is 7.13. The van der Waals surface area contributed by atoms with E-state index in [2.05, 4.69) is 68.1 Å². The maximum atomic E-state index is 14.3. The number of ketones is 1. The number of β-amino-alcohol motifs (C(OH)–C–C–N with tert-alkyl or cyclic N) is 1. The first kappa shape index (κ1) is 39.8. The van der Waals surface area contributed by atoms with E-state index in [1.807, 2.05) is 58.3 Å². The number of benzene rings is 2. The summed E-state index contributed by atoms with van der Waals surface area (Å²) in [7, 11) is 0. The lowest BCUT2D eigenvalue weighted by molar-refractivity contribution is -0.142. The molecule has 292 valence electrons. The number of Topliss-reactive ketones (excluding diaryl/α,β-unsaturated/α-hetero) is 1. The molecule has 4 heterocycles. The van der Waals surface area contributed by atoms with E-state index in [-0.39, 0.29) is 43.0 Å². The molecule has 2 aromatic carbocycles. The van der Waals surface area contributed by atoms with Gasteiger partial charge in [-0.05, 0) is 55.0 Å². The molecular formula is C42H54N8O4S. The van der Waals surface area contributed by atoms with Crippen molar-refractivity contribution in [2.24, 2.45) is 11.3 Å². The quantitative estimate of drug-likeness (QED) is 0.139. The Morgan fingerprint density at radius 2 is 1.78 bits per heavy atom. The number of nitrogens with one attached hydrogen (secondary N) is 1. The highest BCUT2D eigenvalue weighted by Gasteiger charge is 2.43. The van der Waals surface area contributed by atoms with Crippen LogP contribution in [0.15, 0.2) is 66.3 Å². The summed E-state index contributed by atoms with van der Waals surface area (Å²) in [5, 5.41) is 33.3. The summed E-state index contributed by atoms with van der Waals surface area (Å²) >= 11 is 1.62. The van der Waals surface area contributed by atoms with Crippen molar-refractivity contribution in [1.29, 1.82) is 0 Å². The van der Waals surface area contributed by atoms with Crippen molar-refractivity contribution in [3.8, 4) is 27.4 Å². The van der Waals surface area contributed by atoms with Crippen LogP contribution in [-0.4, -0.2) is 98.3 Å². The van der Waals surface area contributed by atoms with E-state index in [1.165, 1.54) is 0 Å². The van der Waals surface area contributed by atoms with Gasteiger partial charge in [0, 0.05) is 68.8 Å². The van der Waals surface area contributed by atoms with Gasteiger partial charge in [-0.15, -0.1) is 21.5 Å². The summed E-state index contributed by atoms with van der Waals surface area (Å²) in [6.45, 7) is 19.2. The Bertz CT molecular complexity index is 2020. The molecule has 2 saturated heterocycles. The Morgan fingerprint density at radius 3 is 2.44 bits per heavy atom. The molecule has 0 aliphatic carbocycles. The number of para-hydroxylation sites is 1. The number of rotatable bonds is 12. The van der Waals surface area contributed by atoms with Gasteiger partial charge in [-0.25, -0.2) is 4.98 Å². The standard InChI is InChI=1S/C42H54N8O4S/c1-25-9-8-10-33(38(25)53)35-21-37(40(43)47-46-35)49-17-15-48(16-18-49)22-31(51)19-34(42(5,6)7)41(54)50-23-32(52)20-36(50)27(3)45-26(2)29-11-13-30(14-12-29)39-28(4)44-24-55-39/h8-14,21,24,26,32,34,36,45,52-53H,3,15-20,22-23H2,1-2,4-7H3,(H2,43,47)/t26-,32+,34+,36-/m0/s1. The fraction of sp³-hybridized carbons (Fsp3) is 0.452. The Labute approximate surface area is 328 Å². The molecule has 4 atom stereocenters. The number of aliphatic hydroxyl groups excluding tert-OH is 1. The Hall–Kier alpha value is -4.85. The predicted molar refractivity (Wildman–Crippen MR) is 219 cm³/mol. The number of aromatic nitrogens is 3. The van der Waals surface area contributed by atoms with E-state index >= 15 is 0 Å². The third-order valence-electron chi connectivity index (χ3n) is 11.0. The van der Waals surface area contributed by atoms with Crippen molar-refractivity contribution in [2.45, 2.75) is 72.6 Å². The van der Waals surface area contributed by atoms with Crippen LogP contribution in [-0.2, 0) is 9.59 Å². The molecule has 0 saturated carbocycles. The van der Waals surface area contributed by atoms with Crippen molar-refractivity contribution in [1.82, 2.24) is 30.3 Å². The summed E-state index contributed by atoms with van der Waals surface area (Å²) in [6.07, 6.45) is -0.191. The molecule has 5 N–H and O–H groups in total. The van der Waals surface area contributed by atoms with E-state index in [0.29, 0.717) is 55.4 Å². The first-order valence-electron chi connectivity index (χ1n) is 19.0. The van der Waals surface area contributed by atoms with E-state index in [9.17, 15) is 19.8 Å². The minimum Gasteiger partial charge on any atom is -0.507 e. The fourth-order valence-corrected chi connectivity index (χ4v) is 8.45. The van der Waals surface area contributed by atoms with Crippen molar-refractivity contribution in [2.75, 3.05) is 49.9 Å². The molecule has 2 aliphatic heterocycles. The summed E-state index contributed by atoms with van der Waals surface area (Å²) in [4.78, 5) is 39.5. The zero-order valence-electron chi connectivity index (χ0n) is 32.7. The number of carbonyl (C=O) groups excluding carboxylic acids is 2. The van der Waals surface area contributed by atoms with Crippen molar-refractivity contribution >= 4 is 34.5 Å². The Balaban J connectivity index is 1.06. The van der Waals surface area contributed by atoms with E-state index in [1.54, 1.807) is 22.3 Å². The number of hydrogen-bond acceptors (Lipinski definition) is 12. The van der Waals surface area contributed by atoms with Crippen LogP contribution in [0.2, 0.25) is 0 Å². The molecule has 13 heteroatoms. The van der Waals surface area contributed by atoms with Gasteiger partial charge in [0.05, 0.1) is 46.2 Å². The summed E-state index contributed by atoms with van der Waals surface area (Å²) in [5.74, 6) is -0.232. The first-order chi connectivity index (χ1) is 26.1. The van der Waals surface area contributed by atoms with E-state index in [4.69, 9.17) is 5.73 Å². The van der Waals surface area contributed by atoms with Crippen LogP contribution in [0.5, 0.6) is 5.75 Å². The number of thiazole rings is 1. The zero-order chi connectivity index (χ0) is 39.6. The number of aryl methyl sites for hydroxylation is 2. The van der Waals surface area contributed by atoms with Gasteiger partial charge < -0.3 is 31.1 Å². The number of carbonyl (C=O) groups is 2. The molecule has 2 aromatic heterocycles. The number of likely N-dealkylation sites (tertiary alicyclic amines) is 1. The zero-order valence-corrected chi connectivity index (χ0v) is 33.6. The second-order valence-electron chi connectivity index (χ2n) is 16.1. The van der Waals surface area contributed by atoms with Crippen LogP contribution in [0.1, 0.15) is 63.4 Å². The van der Waals surface area contributed by atoms with Crippen LogP contribution < -0.4 is 16.0 Å². The molecule has 0 radical (unpaired) electrons. The third-order valence-corrected chi connectivity index (χ3v) is 12.0. The number of phenols is 1. The van der Waals surface area contributed by atoms with Crippen LogP contribution >= 0.6 is 11.3 Å². The molecule has 0 bridgehead atoms. The van der Waals surface area contributed by atoms with Crippen LogP contribution in [0, 0.1) is 25.2 Å². The van der Waals surface area contributed by atoms with Crippen LogP contribution in [0.3, 0.4) is 0 Å². The number of nitrogens with zero attached hydrogens (tertiary/aromatic N) is 6. The highest BCUT2D eigenvalue weighted by atomic mass is 32.1. The molecule has 0 spiro atoms. The van der Waals surface area contributed by atoms with E-state index in [0.717, 1.165) is 32.9 Å². The average molecular weight is 767 g/mol. The minimum absolute atomic E-state index is 0.00265. The number of nitrogen functional groups attached to an aromatic ring is 1. The maximum absolute atomic E-state index is 14.3. The number of anilines is 2. The first-order valence-corrected chi connectivity index (χ1v) is 19.8. The maximum Gasteiger partial charge on any atom is 0.227 e. The molecule has 1 amide bonds. The van der Waals surface area contributed by atoms with Gasteiger partial charge in [0.1, 0.15) is 11.5 Å². The predicted octanol–water partition coefficient (Wildman–Crippen LogP) is 5.74. The second kappa shape index (κ2) is 16.5.